The Morgan fingerprint density at radius 2 is 1.75 bits per heavy atom. The average molecular weight is 380 g/mol. The van der Waals surface area contributed by atoms with E-state index in [1.54, 1.807) is 6.07 Å². The Labute approximate surface area is 163 Å². The van der Waals surface area contributed by atoms with E-state index in [2.05, 4.69) is 10.3 Å². The molecule has 1 atom stereocenters. The Hall–Kier alpha value is -3.28. The first-order chi connectivity index (χ1) is 13.5. The molecule has 28 heavy (non-hydrogen) atoms. The van der Waals surface area contributed by atoms with Crippen LogP contribution in [0.25, 0.3) is 10.9 Å². The molecule has 0 aliphatic rings. The third kappa shape index (κ3) is 4.17. The van der Waals surface area contributed by atoms with Gasteiger partial charge in [0.25, 0.3) is 5.91 Å². The minimum atomic E-state index is -0.309. The number of ether oxygens (including phenoxy) is 2. The van der Waals surface area contributed by atoms with Gasteiger partial charge in [-0.25, -0.2) is 0 Å². The largest absolute Gasteiger partial charge is 0.490 e. The number of pyridine rings is 1. The highest BCUT2D eigenvalue weighted by molar-refractivity contribution is 6.06. The summed E-state index contributed by atoms with van der Waals surface area (Å²) >= 11 is 0. The van der Waals surface area contributed by atoms with Gasteiger partial charge in [0.1, 0.15) is 0 Å². The lowest BCUT2D eigenvalue weighted by molar-refractivity contribution is 0.0941. The van der Waals surface area contributed by atoms with Crippen LogP contribution < -0.4 is 20.3 Å². The normalized spacial score (nSPS) is 11.8. The van der Waals surface area contributed by atoms with Gasteiger partial charge in [0.15, 0.2) is 11.5 Å². The van der Waals surface area contributed by atoms with Crippen molar-refractivity contribution in [1.82, 2.24) is 10.3 Å². The van der Waals surface area contributed by atoms with E-state index in [1.165, 1.54) is 6.07 Å². The molecule has 0 unspecified atom stereocenters. The van der Waals surface area contributed by atoms with Gasteiger partial charge in [-0.2, -0.15) is 0 Å². The molecule has 1 aromatic heterocycles. The Kier molecular flexibility index (Phi) is 5.99. The van der Waals surface area contributed by atoms with Crippen molar-refractivity contribution in [3.05, 3.63) is 70.0 Å². The van der Waals surface area contributed by atoms with Gasteiger partial charge in [-0.15, -0.1) is 0 Å². The van der Waals surface area contributed by atoms with Gasteiger partial charge >= 0.3 is 0 Å². The molecule has 0 bridgehead atoms. The first-order valence-electron chi connectivity index (χ1n) is 9.36. The second-order valence-corrected chi connectivity index (χ2v) is 6.36. The minimum absolute atomic E-state index is 0.277. The summed E-state index contributed by atoms with van der Waals surface area (Å²) < 4.78 is 11.2. The van der Waals surface area contributed by atoms with Crippen molar-refractivity contribution in [3.8, 4) is 11.5 Å². The number of carbonyl (C=O) groups excluding carboxylic acids is 1. The number of rotatable bonds is 7. The van der Waals surface area contributed by atoms with E-state index in [0.29, 0.717) is 41.2 Å². The zero-order valence-electron chi connectivity index (χ0n) is 16.2. The molecule has 0 fully saturated rings. The van der Waals surface area contributed by atoms with E-state index in [0.717, 1.165) is 5.56 Å². The van der Waals surface area contributed by atoms with Crippen LogP contribution in [0.3, 0.4) is 0 Å². The number of amides is 1. The molecule has 0 spiro atoms. The van der Waals surface area contributed by atoms with Crippen LogP contribution in [0.5, 0.6) is 11.5 Å². The monoisotopic (exact) mass is 380 g/mol. The Morgan fingerprint density at radius 1 is 1.04 bits per heavy atom. The summed E-state index contributed by atoms with van der Waals surface area (Å²) in [4.78, 5) is 27.5. The molecule has 0 saturated carbocycles. The summed E-state index contributed by atoms with van der Waals surface area (Å²) in [7, 11) is 0. The van der Waals surface area contributed by atoms with Crippen LogP contribution in [0, 0.1) is 0 Å². The van der Waals surface area contributed by atoms with Crippen molar-refractivity contribution in [3.63, 3.8) is 0 Å². The third-order valence-electron chi connectivity index (χ3n) is 4.41. The molecule has 0 aliphatic heterocycles. The van der Waals surface area contributed by atoms with Gasteiger partial charge in [-0.3, -0.25) is 9.59 Å². The van der Waals surface area contributed by atoms with Crippen LogP contribution >= 0.6 is 0 Å². The number of H-pyrrole nitrogens is 1. The highest BCUT2D eigenvalue weighted by Gasteiger charge is 2.17. The molecule has 6 nitrogen and oxygen atoms in total. The van der Waals surface area contributed by atoms with Crippen molar-refractivity contribution in [1.29, 1.82) is 0 Å². The van der Waals surface area contributed by atoms with E-state index < -0.39 is 0 Å². The number of hydrogen-bond acceptors (Lipinski definition) is 4. The molecule has 2 aromatic carbocycles. The highest BCUT2D eigenvalue weighted by Crippen LogP contribution is 2.31. The van der Waals surface area contributed by atoms with Crippen LogP contribution in [-0.2, 0) is 0 Å². The van der Waals surface area contributed by atoms with Crippen LogP contribution in [0.4, 0.5) is 0 Å². The average Bonchev–Trinajstić information content (AvgIpc) is 2.68. The molecular weight excluding hydrogens is 356 g/mol. The summed E-state index contributed by atoms with van der Waals surface area (Å²) in [5.74, 6) is 1.01. The van der Waals surface area contributed by atoms with Gasteiger partial charge in [0, 0.05) is 17.0 Å². The minimum Gasteiger partial charge on any atom is -0.490 e. The first kappa shape index (κ1) is 19.5. The van der Waals surface area contributed by atoms with Crippen molar-refractivity contribution < 1.29 is 14.3 Å². The molecule has 2 N–H and O–H groups in total. The summed E-state index contributed by atoms with van der Waals surface area (Å²) in [6, 6.07) is 13.9. The Bertz CT molecular complexity index is 1040. The Balaban J connectivity index is 1.87. The zero-order valence-corrected chi connectivity index (χ0v) is 16.2. The number of fused-ring (bicyclic) bond motifs is 1. The maximum Gasteiger partial charge on any atom is 0.252 e. The van der Waals surface area contributed by atoms with E-state index in [9.17, 15) is 9.59 Å². The first-order valence-corrected chi connectivity index (χ1v) is 9.36. The second-order valence-electron chi connectivity index (χ2n) is 6.36. The molecule has 1 amide bonds. The number of para-hydroxylation sites is 1. The topological polar surface area (TPSA) is 80.4 Å². The lowest BCUT2D eigenvalue weighted by Gasteiger charge is -2.18. The fraction of sp³-hybridized carbons (Fsp3) is 0.273. The highest BCUT2D eigenvalue weighted by atomic mass is 16.5. The van der Waals surface area contributed by atoms with Gasteiger partial charge in [-0.1, -0.05) is 24.3 Å². The number of carbonyl (C=O) groups is 1. The molecule has 0 saturated heterocycles. The molecule has 0 radical (unpaired) electrons. The fourth-order valence-electron chi connectivity index (χ4n) is 3.09. The number of benzene rings is 2. The molecular formula is C22H24N2O4. The van der Waals surface area contributed by atoms with Crippen LogP contribution in [0.2, 0.25) is 0 Å². The maximum absolute atomic E-state index is 12.9. The number of nitrogens with one attached hydrogen (secondary N) is 2. The predicted octanol–water partition coefficient (Wildman–Crippen LogP) is 3.82. The zero-order chi connectivity index (χ0) is 20.1. The third-order valence-corrected chi connectivity index (χ3v) is 4.41. The van der Waals surface area contributed by atoms with Crippen molar-refractivity contribution in [2.75, 3.05) is 13.2 Å². The molecule has 3 aromatic rings. The van der Waals surface area contributed by atoms with Crippen LogP contribution in [0.15, 0.2) is 53.3 Å². The molecule has 0 aliphatic carbocycles. The van der Waals surface area contributed by atoms with Gasteiger partial charge in [0.05, 0.1) is 24.8 Å². The van der Waals surface area contributed by atoms with Crippen molar-refractivity contribution in [2.24, 2.45) is 0 Å². The van der Waals surface area contributed by atoms with Gasteiger partial charge in [-0.05, 0) is 44.5 Å². The smallest absolute Gasteiger partial charge is 0.252 e. The lowest BCUT2D eigenvalue weighted by atomic mass is 10.1. The van der Waals surface area contributed by atoms with E-state index in [-0.39, 0.29) is 17.5 Å². The molecule has 6 heteroatoms. The molecule has 146 valence electrons. The van der Waals surface area contributed by atoms with Crippen LogP contribution in [0.1, 0.15) is 42.7 Å². The van der Waals surface area contributed by atoms with Crippen molar-refractivity contribution >= 4 is 16.8 Å². The summed E-state index contributed by atoms with van der Waals surface area (Å²) in [6.07, 6.45) is 0. The second kappa shape index (κ2) is 8.61. The summed E-state index contributed by atoms with van der Waals surface area (Å²) in [5, 5.41) is 3.67. The predicted molar refractivity (Wildman–Crippen MR) is 109 cm³/mol. The molecule has 3 rings (SSSR count). The van der Waals surface area contributed by atoms with Crippen LogP contribution in [-0.4, -0.2) is 24.1 Å². The number of hydrogen-bond donors (Lipinski definition) is 2. The van der Waals surface area contributed by atoms with Crippen molar-refractivity contribution in [2.45, 2.75) is 26.8 Å². The number of aromatic amines is 1. The SMILES string of the molecule is CCOc1ccc([C@@H](C)NC(=O)c2cc(=O)[nH]c3ccccc23)cc1OCC. The lowest BCUT2D eigenvalue weighted by Crippen LogP contribution is -2.28. The standard InChI is InChI=1S/C22H24N2O4/c1-4-27-19-11-10-15(12-20(19)28-5-2)14(3)23-22(26)17-13-21(25)24-18-9-7-6-8-16(17)18/h6-14H,4-5H2,1-3H3,(H,23,26)(H,24,25)/t14-/m1/s1. The summed E-state index contributed by atoms with van der Waals surface area (Å²) in [5.41, 5.74) is 1.56. The number of aromatic nitrogens is 1. The van der Waals surface area contributed by atoms with Gasteiger partial charge in [0.2, 0.25) is 5.56 Å². The maximum atomic E-state index is 12.9. The van der Waals surface area contributed by atoms with Gasteiger partial charge < -0.3 is 19.8 Å². The quantitative estimate of drug-likeness (QED) is 0.653. The molecule has 1 heterocycles. The van der Waals surface area contributed by atoms with E-state index >= 15 is 0 Å². The van der Waals surface area contributed by atoms with E-state index in [4.69, 9.17) is 9.47 Å². The van der Waals surface area contributed by atoms with E-state index in [1.807, 2.05) is 57.2 Å². The Morgan fingerprint density at radius 3 is 2.50 bits per heavy atom. The summed E-state index contributed by atoms with van der Waals surface area (Å²) in [6.45, 7) is 6.77. The fourth-order valence-corrected chi connectivity index (χ4v) is 3.09.